The minimum Gasteiger partial charge on any atom is -0.480 e. The van der Waals surface area contributed by atoms with Gasteiger partial charge in [0.25, 0.3) is 0 Å². The van der Waals surface area contributed by atoms with E-state index < -0.39 is 24.6 Å². The molecule has 7 heteroatoms. The summed E-state index contributed by atoms with van der Waals surface area (Å²) in [6.45, 7) is 6.81. The second-order valence-electron chi connectivity index (χ2n) is 3.85. The molecule has 1 atom stereocenters. The van der Waals surface area contributed by atoms with Crippen LogP contribution in [0, 0.1) is 0 Å². The summed E-state index contributed by atoms with van der Waals surface area (Å²) in [6, 6.07) is -1.83. The normalized spacial score (nSPS) is 12.2. The Labute approximate surface area is 107 Å². The lowest BCUT2D eigenvalue weighted by molar-refractivity contribution is -0.140. The monoisotopic (exact) mass is 261 g/mol. The van der Waals surface area contributed by atoms with Crippen LogP contribution in [0.3, 0.4) is 0 Å². The third kappa shape index (κ3) is 7.08. The van der Waals surface area contributed by atoms with Crippen LogP contribution in [0.5, 0.6) is 0 Å². The van der Waals surface area contributed by atoms with Crippen LogP contribution in [0.4, 0.5) is 4.79 Å². The Morgan fingerprint density at radius 2 is 1.89 bits per heavy atom. The van der Waals surface area contributed by atoms with E-state index in [-0.39, 0.29) is 0 Å². The molecule has 2 amide bonds. The van der Waals surface area contributed by atoms with Crippen molar-refractivity contribution in [1.29, 1.82) is 0 Å². The summed E-state index contributed by atoms with van der Waals surface area (Å²) in [5, 5.41) is 22.1. The standard InChI is InChI=1S/C11H23N3O4/c1-3-14(4-2)7-5-6-12-11(18)13-9(8-15)10(16)17/h9,15H,3-8H2,1-2H3,(H,16,17)(H2,12,13,18). The number of nitrogens with zero attached hydrogens (tertiary/aromatic N) is 1. The van der Waals surface area contributed by atoms with E-state index in [2.05, 4.69) is 29.4 Å². The molecule has 0 bridgehead atoms. The Morgan fingerprint density at radius 1 is 1.28 bits per heavy atom. The van der Waals surface area contributed by atoms with Crippen LogP contribution in [-0.4, -0.2) is 65.9 Å². The number of carbonyl (C=O) groups is 2. The average molecular weight is 261 g/mol. The summed E-state index contributed by atoms with van der Waals surface area (Å²) < 4.78 is 0. The molecule has 1 unspecified atom stereocenters. The molecule has 0 aromatic rings. The first-order valence-corrected chi connectivity index (χ1v) is 6.15. The van der Waals surface area contributed by atoms with Crippen LogP contribution in [0.15, 0.2) is 0 Å². The van der Waals surface area contributed by atoms with Crippen molar-refractivity contribution in [3.05, 3.63) is 0 Å². The van der Waals surface area contributed by atoms with E-state index in [1.807, 2.05) is 0 Å². The highest BCUT2D eigenvalue weighted by Gasteiger charge is 2.17. The maximum atomic E-state index is 11.3. The number of carbonyl (C=O) groups excluding carboxylic acids is 1. The van der Waals surface area contributed by atoms with Gasteiger partial charge in [-0.1, -0.05) is 13.8 Å². The number of carboxylic acids is 1. The Bertz CT molecular complexity index is 257. The van der Waals surface area contributed by atoms with Gasteiger partial charge >= 0.3 is 12.0 Å². The van der Waals surface area contributed by atoms with Crippen LogP contribution >= 0.6 is 0 Å². The summed E-state index contributed by atoms with van der Waals surface area (Å²) in [5.74, 6) is -1.25. The molecule has 0 radical (unpaired) electrons. The van der Waals surface area contributed by atoms with Gasteiger partial charge in [0.2, 0.25) is 0 Å². The summed E-state index contributed by atoms with van der Waals surface area (Å²) in [4.78, 5) is 24.1. The highest BCUT2D eigenvalue weighted by atomic mass is 16.4. The molecule has 106 valence electrons. The van der Waals surface area contributed by atoms with E-state index in [0.717, 1.165) is 26.1 Å². The molecule has 7 nitrogen and oxygen atoms in total. The van der Waals surface area contributed by atoms with Crippen molar-refractivity contribution < 1.29 is 19.8 Å². The zero-order chi connectivity index (χ0) is 14.0. The second kappa shape index (κ2) is 9.67. The zero-order valence-corrected chi connectivity index (χ0v) is 11.0. The zero-order valence-electron chi connectivity index (χ0n) is 11.0. The molecule has 18 heavy (non-hydrogen) atoms. The lowest BCUT2D eigenvalue weighted by atomic mass is 10.3. The van der Waals surface area contributed by atoms with Crippen molar-refractivity contribution in [2.45, 2.75) is 26.3 Å². The molecule has 0 spiro atoms. The van der Waals surface area contributed by atoms with Gasteiger partial charge in [-0.3, -0.25) is 0 Å². The fraction of sp³-hybridized carbons (Fsp3) is 0.818. The SMILES string of the molecule is CCN(CC)CCCNC(=O)NC(CO)C(=O)O. The molecule has 0 aliphatic heterocycles. The molecule has 0 heterocycles. The third-order valence-electron chi connectivity index (χ3n) is 2.62. The lowest BCUT2D eigenvalue weighted by Crippen LogP contribution is -2.48. The second-order valence-corrected chi connectivity index (χ2v) is 3.85. The maximum Gasteiger partial charge on any atom is 0.328 e. The summed E-state index contributed by atoms with van der Waals surface area (Å²) in [7, 11) is 0. The molecular weight excluding hydrogens is 238 g/mol. The van der Waals surface area contributed by atoms with Crippen molar-refractivity contribution in [2.75, 3.05) is 32.8 Å². The number of hydrogen-bond donors (Lipinski definition) is 4. The predicted molar refractivity (Wildman–Crippen MR) is 67.4 cm³/mol. The number of aliphatic carboxylic acids is 1. The first-order valence-electron chi connectivity index (χ1n) is 6.15. The number of aliphatic hydroxyl groups excluding tert-OH is 1. The van der Waals surface area contributed by atoms with Gasteiger partial charge in [-0.2, -0.15) is 0 Å². The smallest absolute Gasteiger partial charge is 0.328 e. The van der Waals surface area contributed by atoms with Crippen LogP contribution in [0.2, 0.25) is 0 Å². The number of nitrogens with one attached hydrogen (secondary N) is 2. The van der Waals surface area contributed by atoms with Crippen molar-refractivity contribution in [1.82, 2.24) is 15.5 Å². The molecule has 0 aromatic carbocycles. The van der Waals surface area contributed by atoms with Gasteiger partial charge in [0.15, 0.2) is 6.04 Å². The van der Waals surface area contributed by atoms with Crippen molar-refractivity contribution in [3.8, 4) is 0 Å². The summed E-state index contributed by atoms with van der Waals surface area (Å²) in [5.41, 5.74) is 0. The average Bonchev–Trinajstić information content (AvgIpc) is 2.35. The molecular formula is C11H23N3O4. The van der Waals surface area contributed by atoms with Crippen LogP contribution in [-0.2, 0) is 4.79 Å². The summed E-state index contributed by atoms with van der Waals surface area (Å²) in [6.07, 6.45) is 0.798. The molecule has 4 N–H and O–H groups in total. The van der Waals surface area contributed by atoms with Crippen LogP contribution in [0.1, 0.15) is 20.3 Å². The van der Waals surface area contributed by atoms with Gasteiger partial charge in [-0.15, -0.1) is 0 Å². The highest BCUT2D eigenvalue weighted by Crippen LogP contribution is 1.89. The van der Waals surface area contributed by atoms with E-state index in [4.69, 9.17) is 10.2 Å². The first kappa shape index (κ1) is 16.7. The van der Waals surface area contributed by atoms with Crippen molar-refractivity contribution in [2.24, 2.45) is 0 Å². The maximum absolute atomic E-state index is 11.3. The number of carboxylic acid groups (broad SMARTS) is 1. The van der Waals surface area contributed by atoms with E-state index in [0.29, 0.717) is 6.54 Å². The minimum atomic E-state index is -1.26. The molecule has 0 aliphatic carbocycles. The van der Waals surface area contributed by atoms with Crippen molar-refractivity contribution >= 4 is 12.0 Å². The number of urea groups is 1. The Balaban J connectivity index is 3.74. The quantitative estimate of drug-likeness (QED) is 0.418. The van der Waals surface area contributed by atoms with Crippen LogP contribution in [0.25, 0.3) is 0 Å². The van der Waals surface area contributed by atoms with E-state index >= 15 is 0 Å². The Kier molecular flexibility index (Phi) is 8.95. The molecule has 0 saturated carbocycles. The van der Waals surface area contributed by atoms with Gasteiger partial charge in [-0.25, -0.2) is 9.59 Å². The molecule has 0 rings (SSSR count). The number of amides is 2. The van der Waals surface area contributed by atoms with E-state index in [1.165, 1.54) is 0 Å². The fourth-order valence-electron chi connectivity index (χ4n) is 1.44. The van der Waals surface area contributed by atoms with Crippen LogP contribution < -0.4 is 10.6 Å². The van der Waals surface area contributed by atoms with Gasteiger partial charge in [0.1, 0.15) is 0 Å². The fourth-order valence-corrected chi connectivity index (χ4v) is 1.44. The number of hydrogen-bond acceptors (Lipinski definition) is 4. The Hall–Kier alpha value is -1.34. The Morgan fingerprint density at radius 3 is 2.33 bits per heavy atom. The van der Waals surface area contributed by atoms with Gasteiger partial charge in [-0.05, 0) is 26.1 Å². The highest BCUT2D eigenvalue weighted by molar-refractivity contribution is 5.82. The van der Waals surface area contributed by atoms with Gasteiger partial charge in [0.05, 0.1) is 6.61 Å². The minimum absolute atomic E-state index is 0.472. The molecule has 0 saturated heterocycles. The van der Waals surface area contributed by atoms with E-state index in [9.17, 15) is 9.59 Å². The van der Waals surface area contributed by atoms with Gasteiger partial charge < -0.3 is 25.7 Å². The van der Waals surface area contributed by atoms with Crippen molar-refractivity contribution in [3.63, 3.8) is 0 Å². The largest absolute Gasteiger partial charge is 0.480 e. The van der Waals surface area contributed by atoms with E-state index in [1.54, 1.807) is 0 Å². The molecule has 0 aromatic heterocycles. The third-order valence-corrected chi connectivity index (χ3v) is 2.62. The first-order chi connectivity index (χ1) is 8.54. The molecule has 0 aliphatic rings. The van der Waals surface area contributed by atoms with Gasteiger partial charge in [0, 0.05) is 6.54 Å². The lowest BCUT2D eigenvalue weighted by Gasteiger charge is -2.18. The number of rotatable bonds is 9. The summed E-state index contributed by atoms with van der Waals surface area (Å²) >= 11 is 0. The number of aliphatic hydroxyl groups is 1. The molecule has 0 fully saturated rings. The predicted octanol–water partition coefficient (Wildman–Crippen LogP) is -0.537. The topological polar surface area (TPSA) is 102 Å².